The standard InChI is InChI=1S/C29H16S4/c1-5-13-21-17(9-1)18-10-2-6-14-22(18)26-25(21)30-29(31-26)32-27-23-15-7-3-11-19(23)20-12-4-8-16-24(20)28(27)33-29/h1-16H. The second kappa shape index (κ2) is 6.89. The first kappa shape index (κ1) is 19.1. The van der Waals surface area contributed by atoms with Gasteiger partial charge >= 0.3 is 0 Å². The molecule has 0 N–H and O–H groups in total. The van der Waals surface area contributed by atoms with Crippen molar-refractivity contribution >= 4 is 90.1 Å². The molecular formula is C29H16S4. The fourth-order valence-electron chi connectivity index (χ4n) is 5.18. The molecule has 8 rings (SSSR count). The monoisotopic (exact) mass is 492 g/mol. The van der Waals surface area contributed by atoms with Gasteiger partial charge in [-0.2, -0.15) is 0 Å². The first-order chi connectivity index (χ1) is 16.3. The molecule has 2 aliphatic rings. The van der Waals surface area contributed by atoms with Gasteiger partial charge in [-0.3, -0.25) is 0 Å². The average Bonchev–Trinajstić information content (AvgIpc) is 3.45. The minimum Gasteiger partial charge on any atom is -0.0835 e. The summed E-state index contributed by atoms with van der Waals surface area (Å²) in [7, 11) is 0. The maximum atomic E-state index is 2.30. The van der Waals surface area contributed by atoms with E-state index in [1.165, 1.54) is 62.7 Å². The van der Waals surface area contributed by atoms with Crippen molar-refractivity contribution in [2.45, 2.75) is 22.3 Å². The number of rotatable bonds is 0. The van der Waals surface area contributed by atoms with Gasteiger partial charge in [0.2, 0.25) is 0 Å². The second-order valence-corrected chi connectivity index (χ2v) is 14.9. The molecule has 4 heteroatoms. The van der Waals surface area contributed by atoms with Crippen LogP contribution in [0, 0.1) is 0 Å². The number of benzene rings is 6. The fraction of sp³-hybridized carbons (Fsp3) is 0.0345. The Labute approximate surface area is 208 Å². The quantitative estimate of drug-likeness (QED) is 0.193. The summed E-state index contributed by atoms with van der Waals surface area (Å²) in [6.07, 6.45) is 0. The maximum Gasteiger partial charge on any atom is 0.171 e. The van der Waals surface area contributed by atoms with Gasteiger partial charge in [0.05, 0.1) is 0 Å². The van der Waals surface area contributed by atoms with E-state index < -0.39 is 0 Å². The lowest BCUT2D eigenvalue weighted by atomic mass is 10.0. The van der Waals surface area contributed by atoms with Crippen molar-refractivity contribution < 1.29 is 0 Å². The van der Waals surface area contributed by atoms with Crippen molar-refractivity contribution in [3.63, 3.8) is 0 Å². The van der Waals surface area contributed by atoms with Gasteiger partial charge in [-0.15, -0.1) is 0 Å². The van der Waals surface area contributed by atoms with Crippen LogP contribution in [-0.4, -0.2) is 2.74 Å². The fourth-order valence-corrected chi connectivity index (χ4v) is 12.6. The topological polar surface area (TPSA) is 0 Å². The third-order valence-corrected chi connectivity index (χ3v) is 13.4. The smallest absolute Gasteiger partial charge is 0.0835 e. The highest BCUT2D eigenvalue weighted by molar-refractivity contribution is 8.50. The Morgan fingerprint density at radius 1 is 0.303 bits per heavy atom. The molecule has 2 heterocycles. The molecule has 0 aromatic heterocycles. The van der Waals surface area contributed by atoms with E-state index >= 15 is 0 Å². The molecule has 6 aromatic rings. The van der Waals surface area contributed by atoms with E-state index in [9.17, 15) is 0 Å². The molecule has 0 fully saturated rings. The normalized spacial score (nSPS) is 16.2. The zero-order valence-electron chi connectivity index (χ0n) is 17.4. The molecule has 1 spiro atoms. The Kier molecular flexibility index (Phi) is 3.99. The van der Waals surface area contributed by atoms with E-state index in [1.807, 2.05) is 0 Å². The van der Waals surface area contributed by atoms with E-state index in [0.717, 1.165) is 0 Å². The number of thioether (sulfide) groups is 4. The summed E-state index contributed by atoms with van der Waals surface area (Å²) in [4.78, 5) is 5.76. The van der Waals surface area contributed by atoms with Crippen LogP contribution in [0.5, 0.6) is 0 Å². The highest BCUT2D eigenvalue weighted by Crippen LogP contribution is 2.76. The molecular weight excluding hydrogens is 477 g/mol. The molecule has 0 unspecified atom stereocenters. The molecule has 0 saturated carbocycles. The van der Waals surface area contributed by atoms with Gasteiger partial charge in [0, 0.05) is 19.6 Å². The minimum atomic E-state index is -0.0372. The summed E-state index contributed by atoms with van der Waals surface area (Å²) in [6.45, 7) is 0. The van der Waals surface area contributed by atoms with Crippen LogP contribution in [0.25, 0.3) is 43.1 Å². The summed E-state index contributed by atoms with van der Waals surface area (Å²) in [5.74, 6) is 0. The molecule has 0 amide bonds. The SMILES string of the molecule is c1ccc2c(c1)c1c(c3ccccc32)SC2(S1)Sc1c(c3ccccc3c3ccccc13)S2. The van der Waals surface area contributed by atoms with E-state index in [1.54, 1.807) is 0 Å². The Balaban J connectivity index is 1.38. The predicted octanol–water partition coefficient (Wildman–Crippen LogP) is 10.0. The van der Waals surface area contributed by atoms with Crippen LogP contribution in [-0.2, 0) is 0 Å². The van der Waals surface area contributed by atoms with Gasteiger partial charge in [0.25, 0.3) is 0 Å². The Morgan fingerprint density at radius 2 is 0.515 bits per heavy atom. The third-order valence-electron chi connectivity index (χ3n) is 6.59. The van der Waals surface area contributed by atoms with Crippen molar-refractivity contribution in [2.75, 3.05) is 0 Å². The average molecular weight is 493 g/mol. The van der Waals surface area contributed by atoms with Gasteiger partial charge in [-0.25, -0.2) is 0 Å². The van der Waals surface area contributed by atoms with Crippen LogP contribution >= 0.6 is 47.0 Å². The second-order valence-electron chi connectivity index (χ2n) is 8.41. The lowest BCUT2D eigenvalue weighted by molar-refractivity contribution is 1.38. The van der Waals surface area contributed by atoms with Crippen LogP contribution in [0.15, 0.2) is 117 Å². The molecule has 0 nitrogen and oxygen atoms in total. The molecule has 0 radical (unpaired) electrons. The number of hydrogen-bond donors (Lipinski definition) is 0. The Bertz CT molecular complexity index is 1520. The van der Waals surface area contributed by atoms with Crippen LogP contribution in [0.1, 0.15) is 0 Å². The van der Waals surface area contributed by atoms with Gasteiger partial charge in [-0.1, -0.05) is 144 Å². The minimum absolute atomic E-state index is 0.0372. The molecule has 0 aliphatic carbocycles. The van der Waals surface area contributed by atoms with Crippen LogP contribution in [0.3, 0.4) is 0 Å². The van der Waals surface area contributed by atoms with Crippen molar-refractivity contribution in [2.24, 2.45) is 0 Å². The first-order valence-electron chi connectivity index (χ1n) is 10.9. The molecule has 0 atom stereocenters. The lowest BCUT2D eigenvalue weighted by Crippen LogP contribution is -1.98. The summed E-state index contributed by atoms with van der Waals surface area (Å²) in [5.41, 5.74) is 0. The molecule has 156 valence electrons. The van der Waals surface area contributed by atoms with Gasteiger partial charge < -0.3 is 0 Å². The van der Waals surface area contributed by atoms with E-state index in [4.69, 9.17) is 0 Å². The van der Waals surface area contributed by atoms with Gasteiger partial charge in [0.15, 0.2) is 2.74 Å². The van der Waals surface area contributed by atoms with Crippen LogP contribution in [0.4, 0.5) is 0 Å². The summed E-state index contributed by atoms with van der Waals surface area (Å²) in [6, 6.07) is 35.7. The Morgan fingerprint density at radius 3 is 0.758 bits per heavy atom. The third kappa shape index (κ3) is 2.61. The summed E-state index contributed by atoms with van der Waals surface area (Å²) >= 11 is 8.21. The molecule has 0 bridgehead atoms. The largest absolute Gasteiger partial charge is 0.171 e. The zero-order valence-corrected chi connectivity index (χ0v) is 20.6. The lowest BCUT2D eigenvalue weighted by Gasteiger charge is -2.17. The molecule has 2 aliphatic heterocycles. The number of hydrogen-bond acceptors (Lipinski definition) is 4. The van der Waals surface area contributed by atoms with Crippen molar-refractivity contribution in [3.05, 3.63) is 97.1 Å². The Hall–Kier alpha value is -2.24. The molecule has 0 saturated heterocycles. The van der Waals surface area contributed by atoms with Crippen molar-refractivity contribution in [1.82, 2.24) is 0 Å². The summed E-state index contributed by atoms with van der Waals surface area (Å²) in [5, 5.41) is 11.0. The number of fused-ring (bicyclic) bond motifs is 12. The molecule has 33 heavy (non-hydrogen) atoms. The summed E-state index contributed by atoms with van der Waals surface area (Å²) < 4.78 is -0.0372. The van der Waals surface area contributed by atoms with Gasteiger partial charge in [0.1, 0.15) is 0 Å². The highest BCUT2D eigenvalue weighted by Gasteiger charge is 2.48. The first-order valence-corrected chi connectivity index (χ1v) is 14.2. The van der Waals surface area contributed by atoms with Crippen molar-refractivity contribution in [1.29, 1.82) is 0 Å². The van der Waals surface area contributed by atoms with Crippen LogP contribution in [0.2, 0.25) is 0 Å². The van der Waals surface area contributed by atoms with E-state index in [0.29, 0.717) is 0 Å². The van der Waals surface area contributed by atoms with E-state index in [-0.39, 0.29) is 2.74 Å². The van der Waals surface area contributed by atoms with Crippen molar-refractivity contribution in [3.8, 4) is 0 Å². The predicted molar refractivity (Wildman–Crippen MR) is 149 cm³/mol. The van der Waals surface area contributed by atoms with E-state index in [2.05, 4.69) is 144 Å². The zero-order chi connectivity index (χ0) is 21.6. The maximum absolute atomic E-state index is 2.30. The van der Waals surface area contributed by atoms with Crippen LogP contribution < -0.4 is 0 Å². The highest BCUT2D eigenvalue weighted by atomic mass is 32.3. The van der Waals surface area contributed by atoms with Gasteiger partial charge in [-0.05, 0) is 43.1 Å². The molecule has 6 aromatic carbocycles.